The van der Waals surface area contributed by atoms with Gasteiger partial charge < -0.3 is 10.4 Å². The molecule has 2 aromatic rings. The maximum atomic E-state index is 12.7. The summed E-state index contributed by atoms with van der Waals surface area (Å²) in [7, 11) is 0. The number of benzene rings is 1. The minimum atomic E-state index is -1.26. The first-order chi connectivity index (χ1) is 8.58. The molecule has 0 spiro atoms. The number of hydrogen-bond acceptors (Lipinski definition) is 3. The number of amides is 1. The van der Waals surface area contributed by atoms with Crippen LogP contribution in [0.5, 0.6) is 0 Å². The number of anilines is 1. The monoisotopic (exact) mass is 249 g/mol. The second kappa shape index (κ2) is 4.66. The first kappa shape index (κ1) is 11.8. The summed E-state index contributed by atoms with van der Waals surface area (Å²) in [6.45, 7) is 0. The van der Waals surface area contributed by atoms with E-state index in [2.05, 4.69) is 15.5 Å². The fraction of sp³-hybridized carbons (Fsp3) is 0. The average Bonchev–Trinajstić information content (AvgIpc) is 2.78. The van der Waals surface area contributed by atoms with Crippen LogP contribution < -0.4 is 5.32 Å². The molecule has 1 heterocycles. The van der Waals surface area contributed by atoms with Crippen molar-refractivity contribution in [2.45, 2.75) is 0 Å². The Balaban J connectivity index is 2.19. The molecule has 0 saturated carbocycles. The second-order valence-corrected chi connectivity index (χ2v) is 3.41. The highest BCUT2D eigenvalue weighted by Gasteiger charge is 2.16. The number of H-pyrrole nitrogens is 1. The van der Waals surface area contributed by atoms with E-state index < -0.39 is 17.7 Å². The van der Waals surface area contributed by atoms with Gasteiger partial charge in [-0.15, -0.1) is 0 Å². The van der Waals surface area contributed by atoms with Crippen LogP contribution in [-0.2, 0) is 0 Å². The lowest BCUT2D eigenvalue weighted by Gasteiger charge is -2.03. The van der Waals surface area contributed by atoms with E-state index in [0.29, 0.717) is 0 Å². The van der Waals surface area contributed by atoms with Gasteiger partial charge in [-0.25, -0.2) is 9.18 Å². The number of nitrogens with zero attached hydrogens (tertiary/aromatic N) is 1. The minimum Gasteiger partial charge on any atom is -0.476 e. The molecule has 0 fully saturated rings. The number of halogens is 1. The molecule has 1 aromatic carbocycles. The summed E-state index contributed by atoms with van der Waals surface area (Å²) < 4.78 is 12.7. The predicted octanol–water partition coefficient (Wildman–Crippen LogP) is 1.50. The van der Waals surface area contributed by atoms with E-state index in [1.54, 1.807) is 0 Å². The topological polar surface area (TPSA) is 95.1 Å². The average molecular weight is 249 g/mol. The van der Waals surface area contributed by atoms with E-state index in [4.69, 9.17) is 5.11 Å². The lowest BCUT2D eigenvalue weighted by atomic mass is 10.2. The Kier molecular flexibility index (Phi) is 3.05. The molecule has 2 rings (SSSR count). The molecule has 0 aliphatic rings. The van der Waals surface area contributed by atoms with Crippen molar-refractivity contribution >= 4 is 17.6 Å². The van der Waals surface area contributed by atoms with E-state index in [9.17, 15) is 14.0 Å². The first-order valence-electron chi connectivity index (χ1n) is 4.92. The number of aromatic carboxylic acids is 1. The smallest absolute Gasteiger partial charge is 0.358 e. The molecule has 0 radical (unpaired) electrons. The predicted molar refractivity (Wildman–Crippen MR) is 59.9 cm³/mol. The Morgan fingerprint density at radius 2 is 1.94 bits per heavy atom. The Labute approximate surface area is 100 Å². The van der Waals surface area contributed by atoms with Crippen molar-refractivity contribution in [2.24, 2.45) is 0 Å². The van der Waals surface area contributed by atoms with Crippen LogP contribution in [0.1, 0.15) is 20.8 Å². The standard InChI is InChI=1S/C11H8FN3O3/c12-7-3-1-6(2-4-7)10(16)14-8-5-13-15-9(8)11(17)18/h1-5H,(H,13,15)(H,14,16)(H,17,18). The Morgan fingerprint density at radius 3 is 2.56 bits per heavy atom. The largest absolute Gasteiger partial charge is 0.476 e. The van der Waals surface area contributed by atoms with Crippen molar-refractivity contribution in [3.8, 4) is 0 Å². The number of rotatable bonds is 3. The molecule has 7 heteroatoms. The number of hydrogen-bond donors (Lipinski definition) is 3. The zero-order valence-electron chi connectivity index (χ0n) is 8.98. The number of aromatic amines is 1. The maximum Gasteiger partial charge on any atom is 0.358 e. The third-order valence-electron chi connectivity index (χ3n) is 2.20. The summed E-state index contributed by atoms with van der Waals surface area (Å²) in [6.07, 6.45) is 1.25. The van der Waals surface area contributed by atoms with Crippen LogP contribution >= 0.6 is 0 Å². The molecular formula is C11H8FN3O3. The lowest BCUT2D eigenvalue weighted by Crippen LogP contribution is -2.14. The first-order valence-corrected chi connectivity index (χ1v) is 4.92. The van der Waals surface area contributed by atoms with Crippen LogP contribution in [0, 0.1) is 5.82 Å². The van der Waals surface area contributed by atoms with Gasteiger partial charge in [-0.3, -0.25) is 9.89 Å². The Bertz CT molecular complexity index is 592. The van der Waals surface area contributed by atoms with Crippen LogP contribution in [0.15, 0.2) is 30.5 Å². The molecule has 0 bridgehead atoms. The molecule has 0 aliphatic heterocycles. The van der Waals surface area contributed by atoms with E-state index in [1.807, 2.05) is 0 Å². The fourth-order valence-corrected chi connectivity index (χ4v) is 1.34. The highest BCUT2D eigenvalue weighted by Crippen LogP contribution is 2.13. The quantitative estimate of drug-likeness (QED) is 0.768. The zero-order valence-corrected chi connectivity index (χ0v) is 8.98. The van der Waals surface area contributed by atoms with Crippen LogP contribution in [0.4, 0.5) is 10.1 Å². The molecular weight excluding hydrogens is 241 g/mol. The van der Waals surface area contributed by atoms with E-state index in [0.717, 1.165) is 12.1 Å². The van der Waals surface area contributed by atoms with Crippen molar-refractivity contribution in [1.29, 1.82) is 0 Å². The maximum absolute atomic E-state index is 12.7. The van der Waals surface area contributed by atoms with E-state index in [1.165, 1.54) is 18.3 Å². The van der Waals surface area contributed by atoms with Crippen LogP contribution in [0.25, 0.3) is 0 Å². The highest BCUT2D eigenvalue weighted by molar-refractivity contribution is 6.07. The molecule has 92 valence electrons. The van der Waals surface area contributed by atoms with Gasteiger partial charge in [0.2, 0.25) is 0 Å². The molecule has 6 nitrogen and oxygen atoms in total. The number of nitrogens with one attached hydrogen (secondary N) is 2. The SMILES string of the molecule is O=C(Nc1c[nH]nc1C(=O)O)c1ccc(F)cc1. The molecule has 1 amide bonds. The summed E-state index contributed by atoms with van der Waals surface area (Å²) >= 11 is 0. The van der Waals surface area contributed by atoms with Gasteiger partial charge in [0.15, 0.2) is 5.69 Å². The zero-order chi connectivity index (χ0) is 13.1. The number of carboxylic acids is 1. The number of carbonyl (C=O) groups excluding carboxylic acids is 1. The molecule has 1 aromatic heterocycles. The van der Waals surface area contributed by atoms with Gasteiger partial charge in [0.1, 0.15) is 5.82 Å². The van der Waals surface area contributed by atoms with Crippen molar-refractivity contribution in [1.82, 2.24) is 10.2 Å². The summed E-state index contributed by atoms with van der Waals surface area (Å²) in [5.74, 6) is -2.26. The van der Waals surface area contributed by atoms with Gasteiger partial charge in [0.05, 0.1) is 5.69 Å². The summed E-state index contributed by atoms with van der Waals surface area (Å²) in [4.78, 5) is 22.5. The van der Waals surface area contributed by atoms with Gasteiger partial charge in [0, 0.05) is 11.8 Å². The van der Waals surface area contributed by atoms with Gasteiger partial charge in [-0.1, -0.05) is 0 Å². The summed E-state index contributed by atoms with van der Waals surface area (Å²) in [6, 6.07) is 4.88. The van der Waals surface area contributed by atoms with E-state index >= 15 is 0 Å². The Morgan fingerprint density at radius 1 is 1.28 bits per heavy atom. The minimum absolute atomic E-state index is 0.0526. The fourth-order valence-electron chi connectivity index (χ4n) is 1.34. The lowest BCUT2D eigenvalue weighted by molar-refractivity contribution is 0.0691. The second-order valence-electron chi connectivity index (χ2n) is 3.41. The van der Waals surface area contributed by atoms with Crippen molar-refractivity contribution < 1.29 is 19.1 Å². The molecule has 18 heavy (non-hydrogen) atoms. The van der Waals surface area contributed by atoms with Crippen molar-refractivity contribution in [3.63, 3.8) is 0 Å². The molecule has 0 unspecified atom stereocenters. The number of carboxylic acid groups (broad SMARTS) is 1. The van der Waals surface area contributed by atoms with Crippen LogP contribution in [-0.4, -0.2) is 27.2 Å². The summed E-state index contributed by atoms with van der Waals surface area (Å²) in [5.41, 5.74) is -0.0174. The van der Waals surface area contributed by atoms with Gasteiger partial charge in [-0.05, 0) is 24.3 Å². The van der Waals surface area contributed by atoms with Gasteiger partial charge in [0.25, 0.3) is 5.91 Å². The Hall–Kier alpha value is -2.70. The molecule has 0 atom stereocenters. The normalized spacial score (nSPS) is 10.1. The third-order valence-corrected chi connectivity index (χ3v) is 2.20. The highest BCUT2D eigenvalue weighted by atomic mass is 19.1. The van der Waals surface area contributed by atoms with Gasteiger partial charge >= 0.3 is 5.97 Å². The third kappa shape index (κ3) is 2.34. The van der Waals surface area contributed by atoms with Crippen LogP contribution in [0.3, 0.4) is 0 Å². The van der Waals surface area contributed by atoms with Crippen molar-refractivity contribution in [3.05, 3.63) is 47.5 Å². The number of carbonyl (C=O) groups is 2. The number of aromatic nitrogens is 2. The summed E-state index contributed by atoms with van der Waals surface area (Å²) in [5, 5.41) is 17.0. The van der Waals surface area contributed by atoms with E-state index in [-0.39, 0.29) is 16.9 Å². The van der Waals surface area contributed by atoms with Gasteiger partial charge in [-0.2, -0.15) is 5.10 Å². The van der Waals surface area contributed by atoms with Crippen molar-refractivity contribution in [2.75, 3.05) is 5.32 Å². The molecule has 0 saturated heterocycles. The molecule has 3 N–H and O–H groups in total. The molecule has 0 aliphatic carbocycles. The van der Waals surface area contributed by atoms with Crippen LogP contribution in [0.2, 0.25) is 0 Å².